The van der Waals surface area contributed by atoms with Crippen LogP contribution in [0.2, 0.25) is 0 Å². The van der Waals surface area contributed by atoms with Gasteiger partial charge in [0.25, 0.3) is 5.56 Å². The second-order valence-corrected chi connectivity index (χ2v) is 9.72. The Morgan fingerprint density at radius 3 is 2.33 bits per heavy atom. The van der Waals surface area contributed by atoms with Crippen molar-refractivity contribution in [2.24, 2.45) is 0 Å². The van der Waals surface area contributed by atoms with Crippen molar-refractivity contribution in [2.45, 2.75) is 78.4 Å². The van der Waals surface area contributed by atoms with Crippen molar-refractivity contribution < 1.29 is 9.53 Å². The van der Waals surface area contributed by atoms with Crippen molar-refractivity contribution in [1.29, 1.82) is 5.26 Å². The molecule has 0 bridgehead atoms. The minimum atomic E-state index is -0.388. The first-order chi connectivity index (χ1) is 18.7. The number of methoxy groups -OCH3 is 1. The number of nitrogens with two attached hydrogens (primary N) is 2. The maximum Gasteiger partial charge on any atom is 0.270 e. The van der Waals surface area contributed by atoms with Crippen LogP contribution in [-0.2, 0) is 11.3 Å². The maximum atomic E-state index is 10.8. The quantitative estimate of drug-likeness (QED) is 0.318. The van der Waals surface area contributed by atoms with Gasteiger partial charge < -0.3 is 21.2 Å². The smallest absolute Gasteiger partial charge is 0.270 e. The van der Waals surface area contributed by atoms with Crippen LogP contribution in [0.3, 0.4) is 0 Å². The number of piperidine rings is 1. The molecule has 10 nitrogen and oxygen atoms in total. The molecule has 1 aliphatic rings. The molecule has 10 heteroatoms. The van der Waals surface area contributed by atoms with E-state index < -0.39 is 0 Å². The number of nitriles is 1. The summed E-state index contributed by atoms with van der Waals surface area (Å²) in [4.78, 5) is 32.2. The van der Waals surface area contributed by atoms with E-state index in [4.69, 9.17) is 16.7 Å². The number of hydrogen-bond donors (Lipinski definition) is 3. The Bertz CT molecular complexity index is 1100. The van der Waals surface area contributed by atoms with E-state index in [0.29, 0.717) is 11.8 Å². The van der Waals surface area contributed by atoms with E-state index in [1.165, 1.54) is 45.6 Å². The molecule has 0 unspecified atom stereocenters. The first kappa shape index (κ1) is 33.8. The maximum absolute atomic E-state index is 10.8. The van der Waals surface area contributed by atoms with E-state index in [0.717, 1.165) is 43.0 Å². The van der Waals surface area contributed by atoms with Gasteiger partial charge in [0.05, 0.1) is 11.6 Å². The number of carbonyl (C=O) groups is 1. The van der Waals surface area contributed by atoms with Crippen LogP contribution in [0.1, 0.15) is 80.2 Å². The van der Waals surface area contributed by atoms with Crippen molar-refractivity contribution in [3.05, 3.63) is 51.1 Å². The Hall–Kier alpha value is -3.26. The minimum Gasteiger partial charge on any atom is -0.398 e. The molecule has 0 radical (unpaired) electrons. The molecular weight excluding hydrogens is 494 g/mol. The SMILES string of the molecule is CCCN(C(CC)CC)C1CCN(Cc2ccc(C#N)cc2N)CC1.COC.Cc1nc(N)c(C=O)[nH]c1=O. The number of aryl methyl sites for hydroxylation is 1. The highest BCUT2D eigenvalue weighted by Gasteiger charge is 2.27. The predicted molar refractivity (Wildman–Crippen MR) is 158 cm³/mol. The third-order valence-corrected chi connectivity index (χ3v) is 6.85. The van der Waals surface area contributed by atoms with E-state index in [9.17, 15) is 9.59 Å². The highest BCUT2D eigenvalue weighted by Crippen LogP contribution is 2.24. The van der Waals surface area contributed by atoms with Gasteiger partial charge in [-0.3, -0.25) is 19.4 Å². The van der Waals surface area contributed by atoms with Crippen LogP contribution in [0.5, 0.6) is 0 Å². The minimum absolute atomic E-state index is 0.0283. The Kier molecular flexibility index (Phi) is 15.7. The molecule has 0 amide bonds. The molecule has 216 valence electrons. The van der Waals surface area contributed by atoms with Gasteiger partial charge in [0, 0.05) is 38.5 Å². The highest BCUT2D eigenvalue weighted by atomic mass is 16.4. The summed E-state index contributed by atoms with van der Waals surface area (Å²) in [5.74, 6) is 0.0529. The topological polar surface area (TPSA) is 154 Å². The Balaban J connectivity index is 0.000000450. The molecule has 1 aliphatic heterocycles. The van der Waals surface area contributed by atoms with E-state index in [1.54, 1.807) is 20.3 Å². The normalized spacial score (nSPS) is 13.7. The Morgan fingerprint density at radius 2 is 1.85 bits per heavy atom. The van der Waals surface area contributed by atoms with Crippen molar-refractivity contribution in [1.82, 2.24) is 19.8 Å². The van der Waals surface area contributed by atoms with Crippen molar-refractivity contribution in [3.63, 3.8) is 0 Å². The van der Waals surface area contributed by atoms with Crippen LogP contribution >= 0.6 is 0 Å². The zero-order valence-corrected chi connectivity index (χ0v) is 24.5. The average molecular weight is 542 g/mol. The van der Waals surface area contributed by atoms with E-state index in [1.807, 2.05) is 12.1 Å². The molecule has 1 aromatic heterocycles. The zero-order valence-electron chi connectivity index (χ0n) is 24.5. The lowest BCUT2D eigenvalue weighted by atomic mass is 9.98. The average Bonchev–Trinajstić information content (AvgIpc) is 2.93. The Labute approximate surface area is 233 Å². The number of aromatic nitrogens is 2. The number of anilines is 2. The molecule has 0 spiro atoms. The predicted octanol–water partition coefficient (Wildman–Crippen LogP) is 3.74. The lowest BCUT2D eigenvalue weighted by Crippen LogP contribution is -2.49. The fraction of sp³-hybridized carbons (Fsp3) is 0.586. The summed E-state index contributed by atoms with van der Waals surface area (Å²) >= 11 is 0. The summed E-state index contributed by atoms with van der Waals surface area (Å²) in [5.41, 5.74) is 13.8. The molecule has 39 heavy (non-hydrogen) atoms. The second-order valence-electron chi connectivity index (χ2n) is 9.72. The number of ether oxygens (including phenoxy) is 1. The molecule has 2 aromatic rings. The number of aldehydes is 1. The van der Waals surface area contributed by atoms with Gasteiger partial charge in [-0.05, 0) is 76.4 Å². The fourth-order valence-electron chi connectivity index (χ4n) is 4.80. The molecule has 1 aromatic carbocycles. The summed E-state index contributed by atoms with van der Waals surface area (Å²) < 4.78 is 4.25. The standard InChI is InChI=1S/C21H34N4.C6H7N3O2.C2H6O/c1-4-11-25(19(5-2)6-3)20-9-12-24(13-10-20)16-18-8-7-17(15-22)14-21(18)23;1-3-6(11)9-4(2-10)5(7)8-3;1-3-2/h7-8,14,19-20H,4-6,9-13,16,23H2,1-3H3;2H,1H3,(H2,7,8)(H,9,11);1-2H3. The van der Waals surface area contributed by atoms with Gasteiger partial charge in [0.1, 0.15) is 11.4 Å². The van der Waals surface area contributed by atoms with Crippen LogP contribution in [0, 0.1) is 18.3 Å². The van der Waals surface area contributed by atoms with Gasteiger partial charge in [-0.2, -0.15) is 5.26 Å². The number of nitrogens with zero attached hydrogens (tertiary/aromatic N) is 4. The molecule has 0 saturated carbocycles. The summed E-state index contributed by atoms with van der Waals surface area (Å²) in [5, 5.41) is 8.96. The fourth-order valence-corrected chi connectivity index (χ4v) is 4.80. The summed E-state index contributed by atoms with van der Waals surface area (Å²) in [6.45, 7) is 12.8. The molecule has 3 rings (SSSR count). The van der Waals surface area contributed by atoms with Crippen LogP contribution in [0.15, 0.2) is 23.0 Å². The molecule has 1 saturated heterocycles. The number of carbonyl (C=O) groups excluding carboxylic acids is 1. The van der Waals surface area contributed by atoms with Gasteiger partial charge in [-0.25, -0.2) is 4.98 Å². The monoisotopic (exact) mass is 541 g/mol. The van der Waals surface area contributed by atoms with Gasteiger partial charge in [-0.1, -0.05) is 26.8 Å². The van der Waals surface area contributed by atoms with Crippen LogP contribution in [0.4, 0.5) is 11.5 Å². The zero-order chi connectivity index (χ0) is 29.4. The first-order valence-electron chi connectivity index (χ1n) is 13.7. The number of nitrogen functional groups attached to an aromatic ring is 2. The number of aromatic amines is 1. The summed E-state index contributed by atoms with van der Waals surface area (Å²) in [7, 11) is 3.25. The van der Waals surface area contributed by atoms with Gasteiger partial charge in [0.15, 0.2) is 12.1 Å². The molecule has 2 heterocycles. The van der Waals surface area contributed by atoms with Crippen LogP contribution < -0.4 is 17.0 Å². The van der Waals surface area contributed by atoms with E-state index in [-0.39, 0.29) is 22.8 Å². The number of rotatable bonds is 9. The first-order valence-corrected chi connectivity index (χ1v) is 13.7. The number of benzene rings is 1. The second kappa shape index (κ2) is 18.1. The number of hydrogen-bond acceptors (Lipinski definition) is 9. The lowest BCUT2D eigenvalue weighted by Gasteiger charge is -2.42. The van der Waals surface area contributed by atoms with Crippen LogP contribution in [-0.4, -0.2) is 72.0 Å². The molecule has 0 atom stereocenters. The third kappa shape index (κ3) is 10.8. The molecule has 1 fully saturated rings. The molecule has 5 N–H and O–H groups in total. The summed E-state index contributed by atoms with van der Waals surface area (Å²) in [6.07, 6.45) is 6.68. The van der Waals surface area contributed by atoms with Crippen molar-refractivity contribution in [2.75, 3.05) is 45.3 Å². The number of nitrogens with one attached hydrogen (secondary N) is 1. The van der Waals surface area contributed by atoms with Gasteiger partial charge >= 0.3 is 0 Å². The van der Waals surface area contributed by atoms with Crippen molar-refractivity contribution in [3.8, 4) is 6.07 Å². The van der Waals surface area contributed by atoms with E-state index >= 15 is 0 Å². The molecular formula is C29H47N7O3. The molecule has 0 aliphatic carbocycles. The van der Waals surface area contributed by atoms with Gasteiger partial charge in [0.2, 0.25) is 0 Å². The van der Waals surface area contributed by atoms with Gasteiger partial charge in [-0.15, -0.1) is 0 Å². The highest BCUT2D eigenvalue weighted by molar-refractivity contribution is 5.78. The summed E-state index contributed by atoms with van der Waals surface area (Å²) in [6, 6.07) is 9.27. The van der Waals surface area contributed by atoms with Crippen molar-refractivity contribution >= 4 is 17.8 Å². The lowest BCUT2D eigenvalue weighted by molar-refractivity contribution is 0.0670. The number of H-pyrrole nitrogens is 1. The Morgan fingerprint density at radius 1 is 1.23 bits per heavy atom. The largest absolute Gasteiger partial charge is 0.398 e. The van der Waals surface area contributed by atoms with Crippen LogP contribution in [0.25, 0.3) is 0 Å². The van der Waals surface area contributed by atoms with E-state index in [2.05, 4.69) is 51.3 Å². The third-order valence-electron chi connectivity index (χ3n) is 6.85. The number of likely N-dealkylation sites (tertiary alicyclic amines) is 1.